The first-order chi connectivity index (χ1) is 35.3. The topological polar surface area (TPSA) is 6.48 Å². The number of nitrogens with zero attached hydrogens (tertiary/aromatic N) is 2. The maximum Gasteiger partial charge on any atom is 0.116 e. The van der Waals surface area contributed by atoms with Crippen molar-refractivity contribution in [3.05, 3.63) is 243 Å². The lowest BCUT2D eigenvalue weighted by Gasteiger charge is -2.34. The Bertz CT molecular complexity index is 4120. The van der Waals surface area contributed by atoms with Gasteiger partial charge in [0.15, 0.2) is 0 Å². The second kappa shape index (κ2) is 16.1. The Morgan fingerprint density at radius 3 is 1.31 bits per heavy atom. The molecule has 12 aromatic carbocycles. The van der Waals surface area contributed by atoms with Gasteiger partial charge in [-0.05, 0) is 118 Å². The van der Waals surface area contributed by atoms with Gasteiger partial charge in [0, 0.05) is 33.3 Å². The molecule has 14 rings (SSSR count). The average molecular weight is 953 g/mol. The molecule has 12 aromatic rings. The van der Waals surface area contributed by atoms with Crippen LogP contribution in [0.2, 0.25) is 26.2 Å². The molecular weight excluding hydrogens is 901 g/mol. The second-order valence-corrected chi connectivity index (χ2v) is 29.4. The SMILES string of the molecule is C[Si]1(C)c2ccccc2-c2ccc(N(c3ccccc3-c3ccccc3)c3ccc4ccc5c(N(c6ccccc6-c6ccccc6)c6cccc7c6[Si](C)(C)c6ccccc6-7)ccc6ccc3c4c65)cc21. The summed E-state index contributed by atoms with van der Waals surface area (Å²) in [4.78, 5) is 5.17. The molecule has 0 atom stereocenters. The molecule has 4 heteroatoms. The molecule has 0 unspecified atom stereocenters. The first-order valence-electron chi connectivity index (χ1n) is 25.3. The molecular formula is C68H52N2Si2. The first-order valence-corrected chi connectivity index (χ1v) is 31.3. The summed E-state index contributed by atoms with van der Waals surface area (Å²) in [6.07, 6.45) is 0. The van der Waals surface area contributed by atoms with E-state index in [1.807, 2.05) is 0 Å². The van der Waals surface area contributed by atoms with E-state index >= 15 is 0 Å². The van der Waals surface area contributed by atoms with Crippen molar-refractivity contribution >= 4 is 103 Å². The van der Waals surface area contributed by atoms with Crippen molar-refractivity contribution in [2.24, 2.45) is 0 Å². The number of benzene rings is 12. The minimum atomic E-state index is -2.18. The van der Waals surface area contributed by atoms with Crippen molar-refractivity contribution in [3.63, 3.8) is 0 Å². The molecule has 2 nitrogen and oxygen atoms in total. The molecule has 0 bridgehead atoms. The zero-order valence-corrected chi connectivity index (χ0v) is 43.0. The molecule has 0 N–H and O–H groups in total. The van der Waals surface area contributed by atoms with Gasteiger partial charge < -0.3 is 9.80 Å². The zero-order chi connectivity index (χ0) is 48.3. The maximum absolute atomic E-state index is 2.62. The van der Waals surface area contributed by atoms with E-state index in [4.69, 9.17) is 0 Å². The molecule has 0 saturated carbocycles. The molecule has 0 radical (unpaired) electrons. The standard InChI is InChI=1S/C68H52N2Si2/c1-71(2)63-32-17-13-26-52(63)54-41-38-49(44-65(54)71)69(58-29-15-11-24-50(58)45-20-7-5-8-21-45)60-42-36-47-35-40-57-61(43-37-48-34-39-56(60)66(47)67(48)57)70(59-30-16-12-25-51(59)46-22-9-6-10-23-46)62-31-19-28-55-53-27-14-18-33-64(53)72(3,4)68(55)62/h5-44H,1-4H3. The maximum atomic E-state index is 2.62. The van der Waals surface area contributed by atoms with Crippen LogP contribution in [0.15, 0.2) is 243 Å². The van der Waals surface area contributed by atoms with Crippen molar-refractivity contribution in [1.82, 2.24) is 0 Å². The van der Waals surface area contributed by atoms with Crippen LogP contribution in [0, 0.1) is 0 Å². The van der Waals surface area contributed by atoms with Gasteiger partial charge in [0.2, 0.25) is 0 Å². The lowest BCUT2D eigenvalue weighted by Crippen LogP contribution is -2.50. The summed E-state index contributed by atoms with van der Waals surface area (Å²) in [6.45, 7) is 10.1. The third-order valence-corrected chi connectivity index (χ3v) is 23.3. The molecule has 0 saturated heterocycles. The molecule has 342 valence electrons. The first kappa shape index (κ1) is 42.6. The van der Waals surface area contributed by atoms with Gasteiger partial charge in [-0.3, -0.25) is 0 Å². The summed E-state index contributed by atoms with van der Waals surface area (Å²) in [5.41, 5.74) is 17.4. The van der Waals surface area contributed by atoms with Crippen LogP contribution in [-0.4, -0.2) is 16.1 Å². The Hall–Kier alpha value is -8.29. The Labute approximate surface area is 424 Å². The van der Waals surface area contributed by atoms with E-state index in [0.717, 1.165) is 5.69 Å². The molecule has 0 aromatic heterocycles. The van der Waals surface area contributed by atoms with Crippen LogP contribution in [0.3, 0.4) is 0 Å². The van der Waals surface area contributed by atoms with Gasteiger partial charge in [-0.1, -0.05) is 226 Å². The monoisotopic (exact) mass is 952 g/mol. The lowest BCUT2D eigenvalue weighted by molar-refractivity contribution is 1.30. The number of fused-ring (bicyclic) bond motifs is 6. The van der Waals surface area contributed by atoms with Gasteiger partial charge in [-0.25, -0.2) is 0 Å². The van der Waals surface area contributed by atoms with Gasteiger partial charge in [-0.15, -0.1) is 0 Å². The largest absolute Gasteiger partial charge is 0.309 e. The number of hydrogen-bond acceptors (Lipinski definition) is 2. The molecule has 0 spiro atoms. The van der Waals surface area contributed by atoms with E-state index in [-0.39, 0.29) is 0 Å². The molecule has 2 aliphatic heterocycles. The normalized spacial score (nSPS) is 13.8. The highest BCUT2D eigenvalue weighted by molar-refractivity contribution is 7.05. The van der Waals surface area contributed by atoms with Crippen LogP contribution in [0.5, 0.6) is 0 Å². The van der Waals surface area contributed by atoms with E-state index in [1.54, 1.807) is 0 Å². The second-order valence-electron chi connectivity index (χ2n) is 20.8. The van der Waals surface area contributed by atoms with Crippen molar-refractivity contribution < 1.29 is 0 Å². The predicted octanol–water partition coefficient (Wildman–Crippen LogP) is 16.5. The fraction of sp³-hybridized carbons (Fsp3) is 0.0588. The van der Waals surface area contributed by atoms with Crippen LogP contribution in [0.1, 0.15) is 0 Å². The van der Waals surface area contributed by atoms with Crippen LogP contribution in [-0.2, 0) is 0 Å². The Morgan fingerprint density at radius 1 is 0.278 bits per heavy atom. The lowest BCUT2D eigenvalue weighted by atomic mass is 9.91. The van der Waals surface area contributed by atoms with E-state index in [0.29, 0.717) is 0 Å². The summed E-state index contributed by atoms with van der Waals surface area (Å²) in [7, 11) is -4.18. The Balaban J connectivity index is 1.04. The molecule has 0 amide bonds. The van der Waals surface area contributed by atoms with Crippen molar-refractivity contribution in [1.29, 1.82) is 0 Å². The minimum Gasteiger partial charge on any atom is -0.309 e. The highest BCUT2D eigenvalue weighted by atomic mass is 28.3. The molecule has 2 heterocycles. The smallest absolute Gasteiger partial charge is 0.116 e. The van der Waals surface area contributed by atoms with E-state index in [1.165, 1.54) is 126 Å². The van der Waals surface area contributed by atoms with Crippen LogP contribution >= 0.6 is 0 Å². The van der Waals surface area contributed by atoms with Crippen molar-refractivity contribution in [2.75, 3.05) is 9.80 Å². The van der Waals surface area contributed by atoms with E-state index < -0.39 is 16.1 Å². The fourth-order valence-corrected chi connectivity index (χ4v) is 19.4. The number of hydrogen-bond donors (Lipinski definition) is 0. The number of para-hydroxylation sites is 2. The number of anilines is 6. The third kappa shape index (κ3) is 6.25. The molecule has 0 aliphatic carbocycles. The van der Waals surface area contributed by atoms with Crippen LogP contribution in [0.4, 0.5) is 34.1 Å². The quantitative estimate of drug-likeness (QED) is 0.111. The summed E-state index contributed by atoms with van der Waals surface area (Å²) < 4.78 is 0. The highest BCUT2D eigenvalue weighted by Crippen LogP contribution is 2.51. The van der Waals surface area contributed by atoms with E-state index in [9.17, 15) is 0 Å². The van der Waals surface area contributed by atoms with Crippen molar-refractivity contribution in [3.8, 4) is 44.5 Å². The number of rotatable bonds is 8. The molecule has 72 heavy (non-hydrogen) atoms. The molecule has 2 aliphatic rings. The van der Waals surface area contributed by atoms with Crippen LogP contribution < -0.4 is 30.5 Å². The minimum absolute atomic E-state index is 1.16. The van der Waals surface area contributed by atoms with Gasteiger partial charge in [0.25, 0.3) is 0 Å². The predicted molar refractivity (Wildman–Crippen MR) is 315 cm³/mol. The van der Waals surface area contributed by atoms with Gasteiger partial charge in [0.1, 0.15) is 16.1 Å². The summed E-state index contributed by atoms with van der Waals surface area (Å²) in [5, 5.41) is 13.5. The summed E-state index contributed by atoms with van der Waals surface area (Å²) >= 11 is 0. The summed E-state index contributed by atoms with van der Waals surface area (Å²) in [5.74, 6) is 0. The van der Waals surface area contributed by atoms with Crippen LogP contribution in [0.25, 0.3) is 76.8 Å². The average Bonchev–Trinajstić information content (AvgIpc) is 3.81. The van der Waals surface area contributed by atoms with E-state index in [2.05, 4.69) is 279 Å². The Kier molecular flexibility index (Phi) is 9.54. The Morgan fingerprint density at radius 2 is 0.708 bits per heavy atom. The van der Waals surface area contributed by atoms with Crippen molar-refractivity contribution in [2.45, 2.75) is 26.2 Å². The zero-order valence-electron chi connectivity index (χ0n) is 41.0. The summed E-state index contributed by atoms with van der Waals surface area (Å²) in [6, 6.07) is 91.4. The van der Waals surface area contributed by atoms with Gasteiger partial charge in [0.05, 0.1) is 22.7 Å². The van der Waals surface area contributed by atoms with Gasteiger partial charge >= 0.3 is 0 Å². The third-order valence-electron chi connectivity index (χ3n) is 16.2. The molecule has 0 fully saturated rings. The fourth-order valence-electron chi connectivity index (χ4n) is 12.9. The van der Waals surface area contributed by atoms with Gasteiger partial charge in [-0.2, -0.15) is 0 Å². The highest BCUT2D eigenvalue weighted by Gasteiger charge is 2.41.